The molecule has 0 bridgehead atoms. The third kappa shape index (κ3) is 5.70. The van der Waals surface area contributed by atoms with Gasteiger partial charge < -0.3 is 10.1 Å². The highest BCUT2D eigenvalue weighted by Gasteiger charge is 2.14. The summed E-state index contributed by atoms with van der Waals surface area (Å²) in [4.78, 5) is 16.3. The van der Waals surface area contributed by atoms with Crippen LogP contribution in [0.25, 0.3) is 0 Å². The summed E-state index contributed by atoms with van der Waals surface area (Å²) in [6.07, 6.45) is 0.557. The molecule has 0 aliphatic rings. The summed E-state index contributed by atoms with van der Waals surface area (Å²) in [5, 5.41) is 6.08. The molecule has 0 aliphatic carbocycles. The minimum atomic E-state index is -0.0460. The number of rotatable bonds is 7. The number of carbonyl (C=O) groups is 1. The van der Waals surface area contributed by atoms with Gasteiger partial charge in [0.15, 0.2) is 0 Å². The van der Waals surface area contributed by atoms with E-state index in [2.05, 4.69) is 24.1 Å². The molecule has 1 aromatic rings. The normalized spacial score (nSPS) is 13.0. The van der Waals surface area contributed by atoms with E-state index >= 15 is 0 Å². The molecule has 1 rings (SSSR count). The average Bonchev–Trinajstić information content (AvgIpc) is 2.77. The maximum Gasteiger partial charge on any atom is 0.222 e. The Hall–Kier alpha value is -0.940. The van der Waals surface area contributed by atoms with Crippen molar-refractivity contribution in [3.63, 3.8) is 0 Å². The van der Waals surface area contributed by atoms with Crippen LogP contribution in [0.15, 0.2) is 5.38 Å². The summed E-state index contributed by atoms with van der Waals surface area (Å²) in [6.45, 7) is 10.6. The summed E-state index contributed by atoms with van der Waals surface area (Å²) >= 11 is 1.65. The Kier molecular flexibility index (Phi) is 6.45. The lowest BCUT2D eigenvalue weighted by Gasteiger charge is -2.12. The number of carbonyl (C=O) groups excluding carboxylic acids is 1. The fourth-order valence-corrected chi connectivity index (χ4v) is 2.47. The number of hydrogen-bond donors (Lipinski definition) is 1. The van der Waals surface area contributed by atoms with E-state index in [9.17, 15) is 4.79 Å². The lowest BCUT2D eigenvalue weighted by molar-refractivity contribution is -0.123. The zero-order valence-corrected chi connectivity index (χ0v) is 13.2. The first-order valence-corrected chi connectivity index (χ1v) is 7.64. The summed E-state index contributed by atoms with van der Waals surface area (Å²) < 4.78 is 5.36. The van der Waals surface area contributed by atoms with Crippen LogP contribution in [0.4, 0.5) is 0 Å². The van der Waals surface area contributed by atoms with Crippen LogP contribution in [0, 0.1) is 0 Å². The summed E-state index contributed by atoms with van der Waals surface area (Å²) in [5.41, 5.74) is 0.937. The Morgan fingerprint density at radius 1 is 1.37 bits per heavy atom. The van der Waals surface area contributed by atoms with Gasteiger partial charge in [-0.15, -0.1) is 11.3 Å². The van der Waals surface area contributed by atoms with Crippen LogP contribution in [-0.4, -0.2) is 23.6 Å². The van der Waals surface area contributed by atoms with Gasteiger partial charge in [0.25, 0.3) is 0 Å². The number of aromatic nitrogens is 1. The average molecular weight is 284 g/mol. The molecule has 0 spiro atoms. The third-order valence-electron chi connectivity index (χ3n) is 2.64. The molecule has 0 fully saturated rings. The standard InChI is InChI=1S/C14H24N2O2S/c1-9(2)14-16-12(8-19-14)11(5)15-13(17)6-7-18-10(3)4/h8-11H,6-7H2,1-5H3,(H,15,17). The van der Waals surface area contributed by atoms with Gasteiger partial charge in [0, 0.05) is 17.7 Å². The minimum absolute atomic E-state index is 0.00671. The van der Waals surface area contributed by atoms with Gasteiger partial charge in [-0.2, -0.15) is 0 Å². The molecular formula is C14H24N2O2S. The fraction of sp³-hybridized carbons (Fsp3) is 0.714. The summed E-state index contributed by atoms with van der Waals surface area (Å²) in [7, 11) is 0. The molecule has 0 saturated carbocycles. The Morgan fingerprint density at radius 2 is 2.05 bits per heavy atom. The molecule has 5 heteroatoms. The van der Waals surface area contributed by atoms with Crippen molar-refractivity contribution in [3.05, 3.63) is 16.1 Å². The molecule has 0 radical (unpaired) electrons. The van der Waals surface area contributed by atoms with Crippen LogP contribution in [-0.2, 0) is 9.53 Å². The van der Waals surface area contributed by atoms with Gasteiger partial charge in [0.05, 0.1) is 29.5 Å². The second-order valence-corrected chi connectivity index (χ2v) is 6.11. The van der Waals surface area contributed by atoms with Crippen molar-refractivity contribution in [2.75, 3.05) is 6.61 Å². The van der Waals surface area contributed by atoms with Gasteiger partial charge in [0.2, 0.25) is 5.91 Å². The molecule has 1 N–H and O–H groups in total. The Morgan fingerprint density at radius 3 is 2.58 bits per heavy atom. The quantitative estimate of drug-likeness (QED) is 0.836. The Bertz CT molecular complexity index is 402. The number of nitrogens with zero attached hydrogens (tertiary/aromatic N) is 1. The molecule has 0 aliphatic heterocycles. The molecule has 1 atom stereocenters. The predicted octanol–water partition coefficient (Wildman–Crippen LogP) is 3.26. The van der Waals surface area contributed by atoms with Crippen LogP contribution in [0.2, 0.25) is 0 Å². The third-order valence-corrected chi connectivity index (χ3v) is 3.80. The molecular weight excluding hydrogens is 260 g/mol. The van der Waals surface area contributed by atoms with Gasteiger partial charge in [0.1, 0.15) is 0 Å². The Labute approximate surface area is 119 Å². The summed E-state index contributed by atoms with van der Waals surface area (Å²) in [5.74, 6) is 0.438. The molecule has 108 valence electrons. The van der Waals surface area contributed by atoms with Crippen LogP contribution >= 0.6 is 11.3 Å². The van der Waals surface area contributed by atoms with E-state index in [1.54, 1.807) is 11.3 Å². The van der Waals surface area contributed by atoms with E-state index in [4.69, 9.17) is 4.74 Å². The van der Waals surface area contributed by atoms with Crippen molar-refractivity contribution in [1.29, 1.82) is 0 Å². The topological polar surface area (TPSA) is 51.2 Å². The van der Waals surface area contributed by atoms with E-state index in [1.807, 2.05) is 26.2 Å². The van der Waals surface area contributed by atoms with E-state index in [0.717, 1.165) is 10.7 Å². The van der Waals surface area contributed by atoms with Gasteiger partial charge in [-0.1, -0.05) is 13.8 Å². The number of hydrogen-bond acceptors (Lipinski definition) is 4. The highest BCUT2D eigenvalue weighted by molar-refractivity contribution is 7.09. The lowest BCUT2D eigenvalue weighted by Crippen LogP contribution is -2.28. The van der Waals surface area contributed by atoms with E-state index in [1.165, 1.54) is 0 Å². The zero-order valence-electron chi connectivity index (χ0n) is 12.4. The van der Waals surface area contributed by atoms with Crippen LogP contribution in [0.5, 0.6) is 0 Å². The Balaban J connectivity index is 2.40. The maximum atomic E-state index is 11.7. The van der Waals surface area contributed by atoms with Crippen molar-refractivity contribution in [3.8, 4) is 0 Å². The van der Waals surface area contributed by atoms with Crippen molar-refractivity contribution < 1.29 is 9.53 Å². The number of nitrogens with one attached hydrogen (secondary N) is 1. The number of thiazole rings is 1. The number of ether oxygens (including phenoxy) is 1. The highest BCUT2D eigenvalue weighted by atomic mass is 32.1. The van der Waals surface area contributed by atoms with Gasteiger partial charge >= 0.3 is 0 Å². The van der Waals surface area contributed by atoms with Gasteiger partial charge in [-0.25, -0.2) is 4.98 Å². The predicted molar refractivity (Wildman–Crippen MR) is 78.5 cm³/mol. The van der Waals surface area contributed by atoms with Crippen molar-refractivity contribution in [1.82, 2.24) is 10.3 Å². The van der Waals surface area contributed by atoms with E-state index in [-0.39, 0.29) is 18.1 Å². The molecule has 19 heavy (non-hydrogen) atoms. The molecule has 1 heterocycles. The van der Waals surface area contributed by atoms with E-state index in [0.29, 0.717) is 18.9 Å². The van der Waals surface area contributed by atoms with Crippen LogP contribution in [0.1, 0.15) is 63.7 Å². The molecule has 1 aromatic heterocycles. The summed E-state index contributed by atoms with van der Waals surface area (Å²) in [6, 6.07) is -0.0460. The first kappa shape index (κ1) is 16.1. The lowest BCUT2D eigenvalue weighted by atomic mass is 10.2. The molecule has 0 aromatic carbocycles. The van der Waals surface area contributed by atoms with Crippen molar-refractivity contribution >= 4 is 17.2 Å². The van der Waals surface area contributed by atoms with Crippen LogP contribution < -0.4 is 5.32 Å². The smallest absolute Gasteiger partial charge is 0.222 e. The minimum Gasteiger partial charge on any atom is -0.378 e. The largest absolute Gasteiger partial charge is 0.378 e. The molecule has 4 nitrogen and oxygen atoms in total. The first-order valence-electron chi connectivity index (χ1n) is 6.76. The monoisotopic (exact) mass is 284 g/mol. The van der Waals surface area contributed by atoms with Crippen LogP contribution in [0.3, 0.4) is 0 Å². The van der Waals surface area contributed by atoms with Gasteiger partial charge in [-0.3, -0.25) is 4.79 Å². The number of amides is 1. The molecule has 0 saturated heterocycles. The SMILES string of the molecule is CC(C)OCCC(=O)NC(C)c1csc(C(C)C)n1. The van der Waals surface area contributed by atoms with E-state index < -0.39 is 0 Å². The second-order valence-electron chi connectivity index (χ2n) is 5.22. The first-order chi connectivity index (χ1) is 8.90. The van der Waals surface area contributed by atoms with Gasteiger partial charge in [-0.05, 0) is 20.8 Å². The zero-order chi connectivity index (χ0) is 14.4. The van der Waals surface area contributed by atoms with Crippen molar-refractivity contribution in [2.45, 2.75) is 59.1 Å². The maximum absolute atomic E-state index is 11.7. The van der Waals surface area contributed by atoms with Crippen molar-refractivity contribution in [2.24, 2.45) is 0 Å². The molecule has 1 unspecified atom stereocenters. The highest BCUT2D eigenvalue weighted by Crippen LogP contribution is 2.22. The molecule has 1 amide bonds. The fourth-order valence-electron chi connectivity index (χ4n) is 1.54. The second kappa shape index (κ2) is 7.60.